The molecule has 18 heavy (non-hydrogen) atoms. The summed E-state index contributed by atoms with van der Waals surface area (Å²) in [6, 6.07) is 2.16. The summed E-state index contributed by atoms with van der Waals surface area (Å²) in [5, 5.41) is 11.6. The summed E-state index contributed by atoms with van der Waals surface area (Å²) < 4.78 is 5.76. The third-order valence-corrected chi connectivity index (χ3v) is 3.60. The molecule has 0 aromatic carbocycles. The molecule has 0 saturated carbocycles. The van der Waals surface area contributed by atoms with Crippen LogP contribution in [0.5, 0.6) is 0 Å². The molecule has 2 atom stereocenters. The van der Waals surface area contributed by atoms with Crippen LogP contribution in [0.15, 0.2) is 4.42 Å². The zero-order valence-corrected chi connectivity index (χ0v) is 11.8. The van der Waals surface area contributed by atoms with Gasteiger partial charge in [0.25, 0.3) is 0 Å². The van der Waals surface area contributed by atoms with Gasteiger partial charge in [-0.1, -0.05) is 25.9 Å². The first-order valence-corrected chi connectivity index (χ1v) is 6.96. The van der Waals surface area contributed by atoms with Gasteiger partial charge in [-0.05, 0) is 26.2 Å². The zero-order valence-electron chi connectivity index (χ0n) is 11.8. The third kappa shape index (κ3) is 2.83. The standard InChI is InChI=1S/C13H24N4O/c1-5-11-7-6-10(4)17(11)13-16-15-12(18-13)8-14-9(2)3/h9-11,14H,5-8H2,1-4H3. The first-order valence-electron chi connectivity index (χ1n) is 6.96. The van der Waals surface area contributed by atoms with Crippen molar-refractivity contribution in [3.05, 3.63) is 5.89 Å². The summed E-state index contributed by atoms with van der Waals surface area (Å²) in [6.45, 7) is 9.29. The van der Waals surface area contributed by atoms with E-state index in [2.05, 4.69) is 48.1 Å². The van der Waals surface area contributed by atoms with Gasteiger partial charge in [-0.3, -0.25) is 0 Å². The van der Waals surface area contributed by atoms with Crippen molar-refractivity contribution in [3.8, 4) is 0 Å². The van der Waals surface area contributed by atoms with E-state index >= 15 is 0 Å². The van der Waals surface area contributed by atoms with E-state index in [4.69, 9.17) is 4.42 Å². The van der Waals surface area contributed by atoms with Crippen LogP contribution in [0.3, 0.4) is 0 Å². The molecule has 1 fully saturated rings. The highest BCUT2D eigenvalue weighted by Crippen LogP contribution is 2.30. The van der Waals surface area contributed by atoms with Crippen molar-refractivity contribution in [1.29, 1.82) is 0 Å². The fourth-order valence-corrected chi connectivity index (χ4v) is 2.53. The number of nitrogens with one attached hydrogen (secondary N) is 1. The molecule has 1 aliphatic rings. The Morgan fingerprint density at radius 2 is 2.17 bits per heavy atom. The van der Waals surface area contributed by atoms with E-state index in [0.29, 0.717) is 36.6 Å². The fourth-order valence-electron chi connectivity index (χ4n) is 2.53. The molecule has 1 aromatic heterocycles. The Bertz CT molecular complexity index is 377. The van der Waals surface area contributed by atoms with Gasteiger partial charge in [0, 0.05) is 18.1 Å². The van der Waals surface area contributed by atoms with E-state index in [1.165, 1.54) is 12.8 Å². The van der Waals surface area contributed by atoms with Crippen molar-refractivity contribution in [2.75, 3.05) is 4.90 Å². The minimum atomic E-state index is 0.425. The molecule has 2 rings (SSSR count). The SMILES string of the molecule is CCC1CCC(C)N1c1nnc(CNC(C)C)o1. The Morgan fingerprint density at radius 3 is 2.83 bits per heavy atom. The second-order valence-corrected chi connectivity index (χ2v) is 5.41. The Labute approximate surface area is 109 Å². The first-order chi connectivity index (χ1) is 8.61. The Kier molecular flexibility index (Phi) is 4.22. The van der Waals surface area contributed by atoms with Gasteiger partial charge < -0.3 is 14.6 Å². The summed E-state index contributed by atoms with van der Waals surface area (Å²) in [5.74, 6) is 0.674. The molecule has 1 aromatic rings. The van der Waals surface area contributed by atoms with Gasteiger partial charge in [0.05, 0.1) is 6.54 Å². The first kappa shape index (κ1) is 13.3. The maximum atomic E-state index is 5.76. The molecule has 1 N–H and O–H groups in total. The second kappa shape index (κ2) is 5.69. The zero-order chi connectivity index (χ0) is 13.1. The van der Waals surface area contributed by atoms with Crippen LogP contribution in [0.4, 0.5) is 6.01 Å². The lowest BCUT2D eigenvalue weighted by molar-refractivity contribution is 0.435. The predicted octanol–water partition coefficient (Wildman–Crippen LogP) is 2.33. The van der Waals surface area contributed by atoms with E-state index in [0.717, 1.165) is 6.42 Å². The van der Waals surface area contributed by atoms with E-state index < -0.39 is 0 Å². The summed E-state index contributed by atoms with van der Waals surface area (Å²) in [7, 11) is 0. The van der Waals surface area contributed by atoms with Gasteiger partial charge in [-0.25, -0.2) is 0 Å². The summed E-state index contributed by atoms with van der Waals surface area (Å²) in [4.78, 5) is 2.28. The lowest BCUT2D eigenvalue weighted by atomic mass is 10.2. The second-order valence-electron chi connectivity index (χ2n) is 5.41. The van der Waals surface area contributed by atoms with Gasteiger partial charge in [0.15, 0.2) is 0 Å². The quantitative estimate of drug-likeness (QED) is 0.871. The summed E-state index contributed by atoms with van der Waals surface area (Å²) >= 11 is 0. The minimum Gasteiger partial charge on any atom is -0.407 e. The predicted molar refractivity (Wildman–Crippen MR) is 71.5 cm³/mol. The number of aromatic nitrogens is 2. The Morgan fingerprint density at radius 1 is 1.39 bits per heavy atom. The summed E-state index contributed by atoms with van der Waals surface area (Å²) in [5.41, 5.74) is 0. The van der Waals surface area contributed by atoms with Crippen LogP contribution in [-0.4, -0.2) is 28.3 Å². The monoisotopic (exact) mass is 252 g/mol. The molecule has 0 radical (unpaired) electrons. The van der Waals surface area contributed by atoms with E-state index in [1.807, 2.05) is 0 Å². The molecule has 102 valence electrons. The van der Waals surface area contributed by atoms with Crippen LogP contribution in [0, 0.1) is 0 Å². The average molecular weight is 252 g/mol. The molecule has 5 nitrogen and oxygen atoms in total. The van der Waals surface area contributed by atoms with Crippen molar-refractivity contribution >= 4 is 6.01 Å². The van der Waals surface area contributed by atoms with Crippen molar-refractivity contribution in [1.82, 2.24) is 15.5 Å². The smallest absolute Gasteiger partial charge is 0.318 e. The number of hydrogen-bond acceptors (Lipinski definition) is 5. The highest BCUT2D eigenvalue weighted by Gasteiger charge is 2.32. The topological polar surface area (TPSA) is 54.2 Å². The van der Waals surface area contributed by atoms with Crippen LogP contribution >= 0.6 is 0 Å². The van der Waals surface area contributed by atoms with Crippen LogP contribution < -0.4 is 10.2 Å². The van der Waals surface area contributed by atoms with Crippen molar-refractivity contribution in [2.45, 2.75) is 71.6 Å². The van der Waals surface area contributed by atoms with Crippen LogP contribution in [0.2, 0.25) is 0 Å². The molecule has 1 saturated heterocycles. The molecule has 0 aliphatic carbocycles. The normalized spacial score (nSPS) is 24.2. The molecular weight excluding hydrogens is 228 g/mol. The molecule has 0 spiro atoms. The van der Waals surface area contributed by atoms with Crippen molar-refractivity contribution < 1.29 is 4.42 Å². The van der Waals surface area contributed by atoms with Gasteiger partial charge in [-0.2, -0.15) is 0 Å². The Balaban J connectivity index is 2.04. The number of hydrogen-bond donors (Lipinski definition) is 1. The molecular formula is C13H24N4O. The number of rotatable bonds is 5. The van der Waals surface area contributed by atoms with Gasteiger partial charge >= 0.3 is 6.01 Å². The van der Waals surface area contributed by atoms with E-state index in [-0.39, 0.29) is 0 Å². The lowest BCUT2D eigenvalue weighted by Crippen LogP contribution is -2.34. The molecule has 2 unspecified atom stereocenters. The average Bonchev–Trinajstić information content (AvgIpc) is 2.92. The van der Waals surface area contributed by atoms with E-state index in [1.54, 1.807) is 0 Å². The van der Waals surface area contributed by atoms with Gasteiger partial charge in [0.1, 0.15) is 0 Å². The minimum absolute atomic E-state index is 0.425. The van der Waals surface area contributed by atoms with Gasteiger partial charge in [0.2, 0.25) is 5.89 Å². The van der Waals surface area contributed by atoms with Crippen molar-refractivity contribution in [3.63, 3.8) is 0 Å². The highest BCUT2D eigenvalue weighted by atomic mass is 16.4. The Hall–Kier alpha value is -1.10. The van der Waals surface area contributed by atoms with Crippen LogP contribution in [-0.2, 0) is 6.54 Å². The maximum Gasteiger partial charge on any atom is 0.318 e. The molecule has 2 heterocycles. The summed E-state index contributed by atoms with van der Waals surface area (Å²) in [6.07, 6.45) is 3.56. The fraction of sp³-hybridized carbons (Fsp3) is 0.846. The molecule has 5 heteroatoms. The van der Waals surface area contributed by atoms with Crippen LogP contribution in [0.1, 0.15) is 52.8 Å². The van der Waals surface area contributed by atoms with Crippen molar-refractivity contribution in [2.24, 2.45) is 0 Å². The van der Waals surface area contributed by atoms with Crippen LogP contribution in [0.25, 0.3) is 0 Å². The third-order valence-electron chi connectivity index (χ3n) is 3.60. The van der Waals surface area contributed by atoms with E-state index in [9.17, 15) is 0 Å². The number of anilines is 1. The highest BCUT2D eigenvalue weighted by molar-refractivity contribution is 5.31. The number of nitrogens with zero attached hydrogens (tertiary/aromatic N) is 3. The maximum absolute atomic E-state index is 5.76. The molecule has 1 aliphatic heterocycles. The lowest BCUT2D eigenvalue weighted by Gasteiger charge is -2.25. The molecule has 0 bridgehead atoms. The molecule has 0 amide bonds. The van der Waals surface area contributed by atoms with Gasteiger partial charge in [-0.15, -0.1) is 5.10 Å². The largest absolute Gasteiger partial charge is 0.407 e.